The molecule has 0 spiro atoms. The van der Waals surface area contributed by atoms with E-state index in [4.69, 9.17) is 17.3 Å². The van der Waals surface area contributed by atoms with E-state index in [2.05, 4.69) is 20.9 Å². The van der Waals surface area contributed by atoms with Gasteiger partial charge in [0.25, 0.3) is 12.3 Å². The van der Waals surface area contributed by atoms with Crippen LogP contribution in [0.5, 0.6) is 0 Å². The van der Waals surface area contributed by atoms with Crippen molar-refractivity contribution in [3.8, 4) is 0 Å². The number of nitrogens with two attached hydrogens (primary N) is 1. The van der Waals surface area contributed by atoms with Crippen molar-refractivity contribution in [1.29, 1.82) is 0 Å². The minimum Gasteiger partial charge on any atom is -0.366 e. The van der Waals surface area contributed by atoms with Crippen LogP contribution in [0.4, 0.5) is 8.78 Å². The average molecular weight is 285 g/mol. The Balaban J connectivity index is 3.45. The maximum atomic E-state index is 12.4. The monoisotopic (exact) mass is 284 g/mol. The molecule has 0 aliphatic rings. The second-order valence-corrected chi connectivity index (χ2v) is 3.49. The maximum absolute atomic E-state index is 12.4. The fourth-order valence-corrected chi connectivity index (χ4v) is 1.44. The molecule has 0 radical (unpaired) electrons. The van der Waals surface area contributed by atoms with Crippen LogP contribution in [-0.2, 0) is 0 Å². The van der Waals surface area contributed by atoms with Gasteiger partial charge in [-0.05, 0) is 15.9 Å². The van der Waals surface area contributed by atoms with Gasteiger partial charge in [-0.25, -0.2) is 13.8 Å². The lowest BCUT2D eigenvalue weighted by Gasteiger charge is -2.07. The minimum atomic E-state index is -2.84. The Morgan fingerprint density at radius 1 is 1.64 bits per heavy atom. The van der Waals surface area contributed by atoms with E-state index >= 15 is 0 Å². The van der Waals surface area contributed by atoms with Gasteiger partial charge in [-0.1, -0.05) is 11.6 Å². The van der Waals surface area contributed by atoms with Gasteiger partial charge in [-0.2, -0.15) is 0 Å². The number of aromatic nitrogens is 1. The number of hydrogen-bond acceptors (Lipinski definition) is 2. The summed E-state index contributed by atoms with van der Waals surface area (Å²) in [4.78, 5) is 14.4. The highest BCUT2D eigenvalue weighted by atomic mass is 79.9. The molecular formula is C7H4BrClF2N2O. The zero-order chi connectivity index (χ0) is 10.9. The van der Waals surface area contributed by atoms with E-state index < -0.39 is 23.5 Å². The van der Waals surface area contributed by atoms with Crippen molar-refractivity contribution in [2.75, 3.05) is 0 Å². The van der Waals surface area contributed by atoms with Crippen LogP contribution in [0.3, 0.4) is 0 Å². The van der Waals surface area contributed by atoms with Crippen molar-refractivity contribution >= 4 is 33.4 Å². The molecule has 0 unspecified atom stereocenters. The van der Waals surface area contributed by atoms with Gasteiger partial charge >= 0.3 is 0 Å². The Hall–Kier alpha value is -0.750. The van der Waals surface area contributed by atoms with E-state index in [0.29, 0.717) is 0 Å². The van der Waals surface area contributed by atoms with Crippen LogP contribution in [-0.4, -0.2) is 10.9 Å². The highest BCUT2D eigenvalue weighted by Crippen LogP contribution is 2.31. The predicted octanol–water partition coefficient (Wildman–Crippen LogP) is 2.53. The van der Waals surface area contributed by atoms with Crippen LogP contribution in [0.1, 0.15) is 22.3 Å². The second-order valence-electron chi connectivity index (χ2n) is 2.36. The predicted molar refractivity (Wildman–Crippen MR) is 50.4 cm³/mol. The lowest BCUT2D eigenvalue weighted by molar-refractivity contribution is 0.0986. The van der Waals surface area contributed by atoms with E-state index in [1.807, 2.05) is 0 Å². The van der Waals surface area contributed by atoms with Gasteiger partial charge in [0.1, 0.15) is 4.60 Å². The first kappa shape index (κ1) is 11.3. The van der Waals surface area contributed by atoms with E-state index in [1.165, 1.54) is 0 Å². The van der Waals surface area contributed by atoms with Gasteiger partial charge in [0, 0.05) is 6.20 Å². The van der Waals surface area contributed by atoms with Crippen molar-refractivity contribution in [3.63, 3.8) is 0 Å². The third kappa shape index (κ3) is 2.01. The lowest BCUT2D eigenvalue weighted by atomic mass is 10.1. The van der Waals surface area contributed by atoms with Gasteiger partial charge in [0.2, 0.25) is 0 Å². The Kier molecular flexibility index (Phi) is 3.38. The van der Waals surface area contributed by atoms with Crippen molar-refractivity contribution in [1.82, 2.24) is 4.98 Å². The van der Waals surface area contributed by atoms with Crippen LogP contribution < -0.4 is 5.73 Å². The smallest absolute Gasteiger partial charge is 0.266 e. The Morgan fingerprint density at radius 3 is 2.64 bits per heavy atom. The van der Waals surface area contributed by atoms with Crippen molar-refractivity contribution in [2.45, 2.75) is 6.43 Å². The Labute approximate surface area is 91.4 Å². The summed E-state index contributed by atoms with van der Waals surface area (Å²) in [7, 11) is 0. The van der Waals surface area contributed by atoms with Gasteiger partial charge < -0.3 is 5.73 Å². The van der Waals surface area contributed by atoms with Crippen LogP contribution in [0.2, 0.25) is 5.02 Å². The van der Waals surface area contributed by atoms with Crippen LogP contribution in [0.25, 0.3) is 0 Å². The van der Waals surface area contributed by atoms with E-state index in [9.17, 15) is 13.6 Å². The summed E-state index contributed by atoms with van der Waals surface area (Å²) in [5, 5.41) is -0.199. The van der Waals surface area contributed by atoms with Gasteiger partial charge in [-0.15, -0.1) is 0 Å². The molecule has 1 rings (SSSR count). The summed E-state index contributed by atoms with van der Waals surface area (Å²) >= 11 is 8.50. The zero-order valence-electron chi connectivity index (χ0n) is 6.60. The molecule has 0 aliphatic carbocycles. The molecule has 0 aromatic carbocycles. The molecule has 0 atom stereocenters. The van der Waals surface area contributed by atoms with Crippen LogP contribution in [0.15, 0.2) is 10.8 Å². The highest BCUT2D eigenvalue weighted by molar-refractivity contribution is 9.10. The molecule has 3 nitrogen and oxygen atoms in total. The average Bonchev–Trinajstić information content (AvgIpc) is 2.08. The number of pyridine rings is 1. The summed E-state index contributed by atoms with van der Waals surface area (Å²) in [6.45, 7) is 0. The largest absolute Gasteiger partial charge is 0.366 e. The molecule has 0 fully saturated rings. The third-order valence-corrected chi connectivity index (χ3v) is 2.69. The topological polar surface area (TPSA) is 56.0 Å². The lowest BCUT2D eigenvalue weighted by Crippen LogP contribution is -2.15. The molecule has 14 heavy (non-hydrogen) atoms. The van der Waals surface area contributed by atoms with Crippen molar-refractivity contribution < 1.29 is 13.6 Å². The first-order valence-corrected chi connectivity index (χ1v) is 4.54. The molecule has 1 amide bonds. The number of primary amides is 1. The van der Waals surface area contributed by atoms with Crippen molar-refractivity contribution in [2.24, 2.45) is 5.73 Å². The molecule has 1 aromatic heterocycles. The standard InChI is InChI=1S/C7H4BrClF2N2O/c8-5-4(9)3(7(12)14)2(1-13-5)6(10)11/h1,6H,(H2,12,14). The molecule has 1 aromatic rings. The van der Waals surface area contributed by atoms with Crippen LogP contribution in [0, 0.1) is 0 Å². The number of rotatable bonds is 2. The summed E-state index contributed by atoms with van der Waals surface area (Å²) in [6.07, 6.45) is -1.98. The van der Waals surface area contributed by atoms with Gasteiger partial charge in [0.05, 0.1) is 16.1 Å². The normalized spacial score (nSPS) is 10.6. The highest BCUT2D eigenvalue weighted by Gasteiger charge is 2.22. The molecular weight excluding hydrogens is 281 g/mol. The quantitative estimate of drug-likeness (QED) is 0.849. The fourth-order valence-electron chi connectivity index (χ4n) is 0.893. The molecule has 76 valence electrons. The van der Waals surface area contributed by atoms with E-state index in [0.717, 1.165) is 6.20 Å². The molecule has 0 aliphatic heterocycles. The summed E-state index contributed by atoms with van der Waals surface area (Å²) in [5.41, 5.74) is 3.95. The van der Waals surface area contributed by atoms with Crippen molar-refractivity contribution in [3.05, 3.63) is 26.9 Å². The van der Waals surface area contributed by atoms with Gasteiger partial charge in [0.15, 0.2) is 0 Å². The number of hydrogen-bond donors (Lipinski definition) is 1. The molecule has 0 saturated heterocycles. The zero-order valence-corrected chi connectivity index (χ0v) is 8.94. The molecule has 0 saturated carbocycles. The maximum Gasteiger partial charge on any atom is 0.266 e. The summed E-state index contributed by atoms with van der Waals surface area (Å²) in [5.74, 6) is -1.01. The van der Waals surface area contributed by atoms with Gasteiger partial charge in [-0.3, -0.25) is 4.79 Å². The number of carbonyl (C=O) groups is 1. The first-order chi connectivity index (χ1) is 6.45. The summed E-state index contributed by atoms with van der Waals surface area (Å²) < 4.78 is 24.9. The third-order valence-electron chi connectivity index (χ3n) is 1.49. The Bertz CT molecular complexity index is 386. The number of alkyl halides is 2. The number of nitrogens with zero attached hydrogens (tertiary/aromatic N) is 1. The van der Waals surface area contributed by atoms with Crippen LogP contribution >= 0.6 is 27.5 Å². The second kappa shape index (κ2) is 4.18. The number of amides is 1. The molecule has 7 heteroatoms. The summed E-state index contributed by atoms with van der Waals surface area (Å²) in [6, 6.07) is 0. The molecule has 0 bridgehead atoms. The Morgan fingerprint density at radius 2 is 2.21 bits per heavy atom. The van der Waals surface area contributed by atoms with E-state index in [-0.39, 0.29) is 9.63 Å². The molecule has 1 heterocycles. The number of carbonyl (C=O) groups excluding carboxylic acids is 1. The molecule has 2 N–H and O–H groups in total. The first-order valence-electron chi connectivity index (χ1n) is 3.37. The fraction of sp³-hybridized carbons (Fsp3) is 0.143. The SMILES string of the molecule is NC(=O)c1c(C(F)F)cnc(Br)c1Cl. The minimum absolute atomic E-state index is 0.109. The van der Waals surface area contributed by atoms with E-state index in [1.54, 1.807) is 0 Å². The number of halogens is 4.